The van der Waals surface area contributed by atoms with E-state index in [1.807, 2.05) is 6.07 Å². The molecule has 1 aromatic rings. The third-order valence-electron chi connectivity index (χ3n) is 2.03. The van der Waals surface area contributed by atoms with Gasteiger partial charge < -0.3 is 4.74 Å². The zero-order valence-electron chi connectivity index (χ0n) is 8.14. The van der Waals surface area contributed by atoms with Gasteiger partial charge in [0.15, 0.2) is 0 Å². The Balaban J connectivity index is 2.53. The summed E-state index contributed by atoms with van der Waals surface area (Å²) in [6.45, 7) is 5.00. The molecule has 0 saturated carbocycles. The molecule has 72 valence electrons. The monoisotopic (exact) mass is 242 g/mol. The molecule has 0 unspecified atom stereocenters. The van der Waals surface area contributed by atoms with Crippen LogP contribution >= 0.6 is 15.9 Å². The van der Waals surface area contributed by atoms with Gasteiger partial charge in [0.25, 0.3) is 0 Å². The summed E-state index contributed by atoms with van der Waals surface area (Å²) < 4.78 is 5.55. The molecule has 1 nitrogen and oxygen atoms in total. The van der Waals surface area contributed by atoms with E-state index < -0.39 is 0 Å². The Hall–Kier alpha value is -0.500. The van der Waals surface area contributed by atoms with Gasteiger partial charge in [0, 0.05) is 5.33 Å². The first kappa shape index (κ1) is 10.6. The van der Waals surface area contributed by atoms with Gasteiger partial charge in [-0.05, 0) is 43.5 Å². The van der Waals surface area contributed by atoms with Crippen LogP contribution < -0.4 is 4.74 Å². The van der Waals surface area contributed by atoms with Crippen LogP contribution in [0.3, 0.4) is 0 Å². The molecule has 1 rings (SSSR count). The van der Waals surface area contributed by atoms with Crippen molar-refractivity contribution in [3.05, 3.63) is 29.3 Å². The van der Waals surface area contributed by atoms with Crippen LogP contribution in [0.5, 0.6) is 5.75 Å². The topological polar surface area (TPSA) is 9.23 Å². The number of hydrogen-bond donors (Lipinski definition) is 0. The second-order valence-corrected chi connectivity index (χ2v) is 3.93. The maximum Gasteiger partial charge on any atom is 0.119 e. The Morgan fingerprint density at radius 2 is 2.00 bits per heavy atom. The van der Waals surface area contributed by atoms with Crippen LogP contribution in [0, 0.1) is 13.8 Å². The molecule has 0 aliphatic heterocycles. The first-order valence-electron chi connectivity index (χ1n) is 4.50. The quantitative estimate of drug-likeness (QED) is 0.581. The molecule has 0 radical (unpaired) electrons. The second-order valence-electron chi connectivity index (χ2n) is 3.14. The summed E-state index contributed by atoms with van der Waals surface area (Å²) in [4.78, 5) is 0. The normalized spacial score (nSPS) is 10.1. The molecular weight excluding hydrogens is 228 g/mol. The van der Waals surface area contributed by atoms with Crippen LogP contribution in [0.25, 0.3) is 0 Å². The highest BCUT2D eigenvalue weighted by molar-refractivity contribution is 9.09. The lowest BCUT2D eigenvalue weighted by Gasteiger charge is -2.06. The van der Waals surface area contributed by atoms with E-state index in [1.165, 1.54) is 11.1 Å². The first-order chi connectivity index (χ1) is 6.24. The molecule has 0 amide bonds. The number of benzene rings is 1. The Labute approximate surface area is 88.2 Å². The van der Waals surface area contributed by atoms with E-state index in [-0.39, 0.29) is 0 Å². The van der Waals surface area contributed by atoms with E-state index in [2.05, 4.69) is 41.9 Å². The number of alkyl halides is 1. The van der Waals surface area contributed by atoms with Crippen LogP contribution in [0.1, 0.15) is 17.5 Å². The summed E-state index contributed by atoms with van der Waals surface area (Å²) in [6.07, 6.45) is 1.05. The molecule has 0 atom stereocenters. The van der Waals surface area contributed by atoms with Gasteiger partial charge in [0.1, 0.15) is 5.75 Å². The van der Waals surface area contributed by atoms with E-state index in [1.54, 1.807) is 0 Å². The summed E-state index contributed by atoms with van der Waals surface area (Å²) in [5.74, 6) is 0.976. The van der Waals surface area contributed by atoms with Crippen molar-refractivity contribution >= 4 is 15.9 Å². The van der Waals surface area contributed by atoms with E-state index in [0.29, 0.717) is 0 Å². The minimum absolute atomic E-state index is 0.785. The Bertz CT molecular complexity index is 271. The SMILES string of the molecule is Cc1ccc(OCCCBr)cc1C. The van der Waals surface area contributed by atoms with Crippen molar-refractivity contribution in [2.24, 2.45) is 0 Å². The fraction of sp³-hybridized carbons (Fsp3) is 0.455. The third kappa shape index (κ3) is 3.39. The van der Waals surface area contributed by atoms with Gasteiger partial charge in [-0.1, -0.05) is 22.0 Å². The summed E-state index contributed by atoms with van der Waals surface area (Å²) in [6, 6.07) is 6.21. The molecule has 2 heteroatoms. The lowest BCUT2D eigenvalue weighted by Crippen LogP contribution is -1.97. The van der Waals surface area contributed by atoms with Crippen molar-refractivity contribution in [3.8, 4) is 5.75 Å². The fourth-order valence-electron chi connectivity index (χ4n) is 1.05. The van der Waals surface area contributed by atoms with Gasteiger partial charge in [0.2, 0.25) is 0 Å². The molecule has 0 aliphatic rings. The predicted molar refractivity (Wildman–Crippen MR) is 59.8 cm³/mol. The molecule has 0 aromatic heterocycles. The maximum absolute atomic E-state index is 5.55. The third-order valence-corrected chi connectivity index (χ3v) is 2.59. The fourth-order valence-corrected chi connectivity index (χ4v) is 1.28. The van der Waals surface area contributed by atoms with Crippen molar-refractivity contribution in [2.75, 3.05) is 11.9 Å². The predicted octanol–water partition coefficient (Wildman–Crippen LogP) is 3.47. The van der Waals surface area contributed by atoms with E-state index in [4.69, 9.17) is 4.74 Å². The Morgan fingerprint density at radius 1 is 1.23 bits per heavy atom. The number of halogens is 1. The summed E-state index contributed by atoms with van der Waals surface area (Å²) in [7, 11) is 0. The van der Waals surface area contributed by atoms with Gasteiger partial charge in [-0.3, -0.25) is 0 Å². The standard InChI is InChI=1S/C11H15BrO/c1-9-4-5-11(8-10(9)2)13-7-3-6-12/h4-5,8H,3,6-7H2,1-2H3. The van der Waals surface area contributed by atoms with Crippen molar-refractivity contribution < 1.29 is 4.74 Å². The Morgan fingerprint density at radius 3 is 2.62 bits per heavy atom. The molecule has 0 heterocycles. The minimum Gasteiger partial charge on any atom is -0.494 e. The molecule has 0 aliphatic carbocycles. The average molecular weight is 243 g/mol. The van der Waals surface area contributed by atoms with E-state index in [9.17, 15) is 0 Å². The van der Waals surface area contributed by atoms with Crippen molar-refractivity contribution in [1.29, 1.82) is 0 Å². The highest BCUT2D eigenvalue weighted by atomic mass is 79.9. The van der Waals surface area contributed by atoms with Crippen molar-refractivity contribution in [1.82, 2.24) is 0 Å². The van der Waals surface area contributed by atoms with Crippen molar-refractivity contribution in [3.63, 3.8) is 0 Å². The van der Waals surface area contributed by atoms with Crippen LogP contribution in [-0.2, 0) is 0 Å². The van der Waals surface area contributed by atoms with Gasteiger partial charge in [-0.25, -0.2) is 0 Å². The van der Waals surface area contributed by atoms with Crippen LogP contribution in [0.15, 0.2) is 18.2 Å². The van der Waals surface area contributed by atoms with Crippen LogP contribution in [0.4, 0.5) is 0 Å². The number of hydrogen-bond acceptors (Lipinski definition) is 1. The minimum atomic E-state index is 0.785. The molecule has 0 N–H and O–H groups in total. The summed E-state index contributed by atoms with van der Waals surface area (Å²) in [5.41, 5.74) is 2.60. The van der Waals surface area contributed by atoms with Gasteiger partial charge in [-0.2, -0.15) is 0 Å². The molecule has 0 spiro atoms. The highest BCUT2D eigenvalue weighted by Gasteiger charge is 1.96. The average Bonchev–Trinajstić information content (AvgIpc) is 2.12. The zero-order chi connectivity index (χ0) is 9.68. The van der Waals surface area contributed by atoms with Gasteiger partial charge in [-0.15, -0.1) is 0 Å². The maximum atomic E-state index is 5.55. The number of ether oxygens (including phenoxy) is 1. The molecule has 0 saturated heterocycles. The van der Waals surface area contributed by atoms with Crippen LogP contribution in [-0.4, -0.2) is 11.9 Å². The molecule has 1 aromatic carbocycles. The zero-order valence-corrected chi connectivity index (χ0v) is 9.73. The Kier molecular flexibility index (Phi) is 4.29. The largest absolute Gasteiger partial charge is 0.494 e. The lowest BCUT2D eigenvalue weighted by molar-refractivity contribution is 0.319. The number of aryl methyl sites for hydroxylation is 2. The van der Waals surface area contributed by atoms with Crippen LogP contribution in [0.2, 0.25) is 0 Å². The first-order valence-corrected chi connectivity index (χ1v) is 5.62. The van der Waals surface area contributed by atoms with E-state index >= 15 is 0 Å². The van der Waals surface area contributed by atoms with Gasteiger partial charge in [0.05, 0.1) is 6.61 Å². The van der Waals surface area contributed by atoms with Crippen molar-refractivity contribution in [2.45, 2.75) is 20.3 Å². The lowest BCUT2D eigenvalue weighted by atomic mass is 10.1. The smallest absolute Gasteiger partial charge is 0.119 e. The molecule has 0 bridgehead atoms. The molecular formula is C11H15BrO. The summed E-state index contributed by atoms with van der Waals surface area (Å²) >= 11 is 3.37. The second kappa shape index (κ2) is 5.28. The number of rotatable bonds is 4. The van der Waals surface area contributed by atoms with E-state index in [0.717, 1.165) is 24.1 Å². The molecule has 0 fully saturated rings. The highest BCUT2D eigenvalue weighted by Crippen LogP contribution is 2.16. The summed E-state index contributed by atoms with van der Waals surface area (Å²) in [5, 5.41) is 0.998. The van der Waals surface area contributed by atoms with Gasteiger partial charge >= 0.3 is 0 Å². The molecule has 13 heavy (non-hydrogen) atoms.